The van der Waals surface area contributed by atoms with E-state index in [9.17, 15) is 9.59 Å². The van der Waals surface area contributed by atoms with Crippen molar-refractivity contribution in [2.45, 2.75) is 0 Å². The SMILES string of the molecule is Nc1ccc(C(=O)NNC(=O)O)cc1. The molecule has 74 valence electrons. The highest BCUT2D eigenvalue weighted by molar-refractivity contribution is 5.95. The van der Waals surface area contributed by atoms with E-state index in [-0.39, 0.29) is 0 Å². The van der Waals surface area contributed by atoms with Crippen molar-refractivity contribution >= 4 is 17.7 Å². The summed E-state index contributed by atoms with van der Waals surface area (Å²) < 4.78 is 0. The number of carbonyl (C=O) groups excluding carboxylic acids is 1. The Bertz CT molecular complexity index is 347. The fraction of sp³-hybridized carbons (Fsp3) is 0. The number of amides is 2. The third-order valence-corrected chi connectivity index (χ3v) is 1.46. The third-order valence-electron chi connectivity index (χ3n) is 1.46. The van der Waals surface area contributed by atoms with E-state index in [1.165, 1.54) is 12.1 Å². The van der Waals surface area contributed by atoms with E-state index in [4.69, 9.17) is 10.8 Å². The van der Waals surface area contributed by atoms with Crippen LogP contribution in [-0.2, 0) is 0 Å². The number of hydrazine groups is 1. The molecule has 5 N–H and O–H groups in total. The molecule has 14 heavy (non-hydrogen) atoms. The predicted octanol–water partition coefficient (Wildman–Crippen LogP) is 0.181. The number of anilines is 1. The van der Waals surface area contributed by atoms with Crippen molar-refractivity contribution in [1.29, 1.82) is 0 Å². The molecule has 1 aromatic rings. The molecule has 0 aliphatic rings. The van der Waals surface area contributed by atoms with Crippen LogP contribution in [0.4, 0.5) is 10.5 Å². The molecule has 6 heteroatoms. The number of nitrogen functional groups attached to an aromatic ring is 1. The van der Waals surface area contributed by atoms with Gasteiger partial charge in [0.15, 0.2) is 0 Å². The highest BCUT2D eigenvalue weighted by Gasteiger charge is 2.04. The Hall–Kier alpha value is -2.24. The van der Waals surface area contributed by atoms with Crippen LogP contribution in [0.1, 0.15) is 10.4 Å². The summed E-state index contributed by atoms with van der Waals surface area (Å²) in [6.07, 6.45) is -1.33. The maximum Gasteiger partial charge on any atom is 0.423 e. The molecule has 0 aliphatic heterocycles. The van der Waals surface area contributed by atoms with E-state index in [0.29, 0.717) is 11.3 Å². The molecule has 0 unspecified atom stereocenters. The van der Waals surface area contributed by atoms with E-state index < -0.39 is 12.0 Å². The van der Waals surface area contributed by atoms with Gasteiger partial charge in [0.25, 0.3) is 5.91 Å². The van der Waals surface area contributed by atoms with Crippen molar-refractivity contribution in [3.8, 4) is 0 Å². The summed E-state index contributed by atoms with van der Waals surface area (Å²) in [6, 6.07) is 6.09. The molecule has 0 atom stereocenters. The first kappa shape index (κ1) is 9.85. The number of nitrogens with one attached hydrogen (secondary N) is 2. The summed E-state index contributed by atoms with van der Waals surface area (Å²) in [6.45, 7) is 0. The van der Waals surface area contributed by atoms with Gasteiger partial charge in [0, 0.05) is 11.3 Å². The van der Waals surface area contributed by atoms with Crippen LogP contribution in [0.5, 0.6) is 0 Å². The Labute approximate surface area is 79.7 Å². The minimum atomic E-state index is -1.33. The van der Waals surface area contributed by atoms with Gasteiger partial charge in [-0.3, -0.25) is 10.2 Å². The summed E-state index contributed by atoms with van der Waals surface area (Å²) in [5, 5.41) is 8.21. The van der Waals surface area contributed by atoms with Crippen LogP contribution in [0.3, 0.4) is 0 Å². The maximum absolute atomic E-state index is 11.2. The maximum atomic E-state index is 11.2. The molecule has 0 aromatic heterocycles. The average Bonchev–Trinajstić information content (AvgIpc) is 2.15. The molecule has 0 radical (unpaired) electrons. The van der Waals surface area contributed by atoms with Crippen LogP contribution in [0.2, 0.25) is 0 Å². The molecular formula is C8H9N3O3. The second-order valence-electron chi connectivity index (χ2n) is 2.51. The molecular weight excluding hydrogens is 186 g/mol. The van der Waals surface area contributed by atoms with Gasteiger partial charge in [0.2, 0.25) is 0 Å². The highest BCUT2D eigenvalue weighted by atomic mass is 16.4. The Morgan fingerprint density at radius 2 is 1.71 bits per heavy atom. The fourth-order valence-corrected chi connectivity index (χ4v) is 0.817. The van der Waals surface area contributed by atoms with Crippen molar-refractivity contribution in [1.82, 2.24) is 10.9 Å². The Balaban J connectivity index is 2.61. The number of carboxylic acid groups (broad SMARTS) is 1. The van der Waals surface area contributed by atoms with Gasteiger partial charge in [-0.1, -0.05) is 0 Å². The lowest BCUT2D eigenvalue weighted by molar-refractivity contribution is 0.0926. The molecule has 2 amide bonds. The van der Waals surface area contributed by atoms with Crippen LogP contribution in [0.25, 0.3) is 0 Å². The normalized spacial score (nSPS) is 9.14. The Morgan fingerprint density at radius 1 is 1.14 bits per heavy atom. The zero-order valence-corrected chi connectivity index (χ0v) is 7.15. The van der Waals surface area contributed by atoms with Crippen LogP contribution in [0.15, 0.2) is 24.3 Å². The van der Waals surface area contributed by atoms with E-state index in [1.807, 2.05) is 5.43 Å². The highest BCUT2D eigenvalue weighted by Crippen LogP contribution is 2.04. The lowest BCUT2D eigenvalue weighted by Gasteiger charge is -2.03. The van der Waals surface area contributed by atoms with Gasteiger partial charge in [-0.2, -0.15) is 0 Å². The zero-order valence-electron chi connectivity index (χ0n) is 7.15. The summed E-state index contributed by atoms with van der Waals surface area (Å²) in [5.74, 6) is -0.535. The standard InChI is InChI=1S/C8H9N3O3/c9-6-3-1-5(2-4-6)7(12)10-11-8(13)14/h1-4,11H,9H2,(H,10,12)(H,13,14). The van der Waals surface area contributed by atoms with Crippen molar-refractivity contribution in [2.75, 3.05) is 5.73 Å². The van der Waals surface area contributed by atoms with Gasteiger partial charge >= 0.3 is 6.09 Å². The van der Waals surface area contributed by atoms with Crippen LogP contribution in [0, 0.1) is 0 Å². The van der Waals surface area contributed by atoms with Crippen molar-refractivity contribution in [2.24, 2.45) is 0 Å². The molecule has 0 saturated heterocycles. The molecule has 0 fully saturated rings. The van der Waals surface area contributed by atoms with Gasteiger partial charge in [0.05, 0.1) is 0 Å². The van der Waals surface area contributed by atoms with Gasteiger partial charge in [-0.25, -0.2) is 10.2 Å². The second-order valence-corrected chi connectivity index (χ2v) is 2.51. The molecule has 0 bridgehead atoms. The monoisotopic (exact) mass is 195 g/mol. The van der Waals surface area contributed by atoms with Gasteiger partial charge in [0.1, 0.15) is 0 Å². The Morgan fingerprint density at radius 3 is 2.21 bits per heavy atom. The summed E-state index contributed by atoms with van der Waals surface area (Å²) in [7, 11) is 0. The average molecular weight is 195 g/mol. The second kappa shape index (κ2) is 4.13. The minimum Gasteiger partial charge on any atom is -0.464 e. The number of benzene rings is 1. The largest absolute Gasteiger partial charge is 0.464 e. The fourth-order valence-electron chi connectivity index (χ4n) is 0.817. The molecule has 1 rings (SSSR count). The number of nitrogens with two attached hydrogens (primary N) is 1. The number of carbonyl (C=O) groups is 2. The van der Waals surface area contributed by atoms with Crippen molar-refractivity contribution in [3.63, 3.8) is 0 Å². The van der Waals surface area contributed by atoms with Gasteiger partial charge < -0.3 is 10.8 Å². The Kier molecular flexibility index (Phi) is 2.90. The van der Waals surface area contributed by atoms with Crippen LogP contribution >= 0.6 is 0 Å². The summed E-state index contributed by atoms with van der Waals surface area (Å²) in [5.41, 5.74) is 10.0. The zero-order chi connectivity index (χ0) is 10.6. The smallest absolute Gasteiger partial charge is 0.423 e. The molecule has 6 nitrogen and oxygen atoms in total. The van der Waals surface area contributed by atoms with Gasteiger partial charge in [-0.05, 0) is 24.3 Å². The number of hydrogen-bond acceptors (Lipinski definition) is 3. The lowest BCUT2D eigenvalue weighted by atomic mass is 10.2. The van der Waals surface area contributed by atoms with E-state index in [0.717, 1.165) is 0 Å². The molecule has 1 aromatic carbocycles. The molecule has 0 heterocycles. The first-order chi connectivity index (χ1) is 6.59. The molecule has 0 spiro atoms. The lowest BCUT2D eigenvalue weighted by Crippen LogP contribution is -2.40. The quantitative estimate of drug-likeness (QED) is 0.379. The van der Waals surface area contributed by atoms with Gasteiger partial charge in [-0.15, -0.1) is 0 Å². The van der Waals surface area contributed by atoms with Crippen LogP contribution < -0.4 is 16.6 Å². The topological polar surface area (TPSA) is 104 Å². The van der Waals surface area contributed by atoms with E-state index in [2.05, 4.69) is 0 Å². The predicted molar refractivity (Wildman–Crippen MR) is 49.5 cm³/mol. The first-order valence-corrected chi connectivity index (χ1v) is 3.74. The first-order valence-electron chi connectivity index (χ1n) is 3.74. The molecule has 0 aliphatic carbocycles. The number of rotatable bonds is 1. The summed E-state index contributed by atoms with van der Waals surface area (Å²) >= 11 is 0. The third kappa shape index (κ3) is 2.67. The van der Waals surface area contributed by atoms with E-state index in [1.54, 1.807) is 17.6 Å². The van der Waals surface area contributed by atoms with Crippen molar-refractivity contribution < 1.29 is 14.7 Å². The van der Waals surface area contributed by atoms with E-state index >= 15 is 0 Å². The summed E-state index contributed by atoms with van der Waals surface area (Å²) in [4.78, 5) is 21.2. The molecule has 0 saturated carbocycles. The van der Waals surface area contributed by atoms with Crippen molar-refractivity contribution in [3.05, 3.63) is 29.8 Å². The number of hydrogen-bond donors (Lipinski definition) is 4. The van der Waals surface area contributed by atoms with Crippen LogP contribution in [-0.4, -0.2) is 17.1 Å². The minimum absolute atomic E-state index is 0.327.